The topological polar surface area (TPSA) is 69.0 Å². The molecule has 0 aliphatic heterocycles. The number of pyridine rings is 1. The van der Waals surface area contributed by atoms with Crippen molar-refractivity contribution in [3.05, 3.63) is 24.0 Å². The van der Waals surface area contributed by atoms with Crippen molar-refractivity contribution in [2.75, 3.05) is 25.5 Å². The number of hydrogen-bond donors (Lipinski definition) is 1. The summed E-state index contributed by atoms with van der Waals surface area (Å²) in [7, 11) is 1.69. The molecule has 0 radical (unpaired) electrons. The van der Waals surface area contributed by atoms with E-state index in [1.807, 2.05) is 13.0 Å². The van der Waals surface area contributed by atoms with E-state index in [9.17, 15) is 4.79 Å². The van der Waals surface area contributed by atoms with Gasteiger partial charge < -0.3 is 10.2 Å². The van der Waals surface area contributed by atoms with Crippen molar-refractivity contribution < 1.29 is 4.79 Å². The van der Waals surface area contributed by atoms with E-state index in [1.54, 1.807) is 30.4 Å². The van der Waals surface area contributed by atoms with Gasteiger partial charge in [-0.05, 0) is 13.0 Å². The summed E-state index contributed by atoms with van der Waals surface area (Å²) in [5, 5.41) is 11.6. The highest BCUT2D eigenvalue weighted by atomic mass is 16.2. The van der Waals surface area contributed by atoms with E-state index in [2.05, 4.69) is 10.3 Å². The molecular formula is C12H16N4O. The number of rotatable bonds is 5. The fraction of sp³-hybridized carbons (Fsp3) is 0.417. The molecule has 1 N–H and O–H groups in total. The van der Waals surface area contributed by atoms with Crippen molar-refractivity contribution >= 4 is 11.6 Å². The number of carbonyl (C=O) groups excluding carboxylic acids is 1. The Morgan fingerprint density at radius 3 is 3.06 bits per heavy atom. The predicted molar refractivity (Wildman–Crippen MR) is 65.6 cm³/mol. The summed E-state index contributed by atoms with van der Waals surface area (Å²) in [6.45, 7) is 3.12. The van der Waals surface area contributed by atoms with Crippen LogP contribution in [0.2, 0.25) is 0 Å². The van der Waals surface area contributed by atoms with Crippen LogP contribution < -0.4 is 5.32 Å². The molecule has 1 aromatic heterocycles. The number of carbonyl (C=O) groups is 1. The number of nitriles is 1. The zero-order chi connectivity index (χ0) is 12.7. The van der Waals surface area contributed by atoms with E-state index in [1.165, 1.54) is 0 Å². The maximum Gasteiger partial charge on any atom is 0.255 e. The summed E-state index contributed by atoms with van der Waals surface area (Å²) in [6, 6.07) is 3.71. The Hall–Kier alpha value is -2.09. The van der Waals surface area contributed by atoms with Gasteiger partial charge in [0.25, 0.3) is 5.91 Å². The highest BCUT2D eigenvalue weighted by Gasteiger charge is 2.14. The van der Waals surface area contributed by atoms with Crippen molar-refractivity contribution in [3.8, 4) is 6.07 Å². The Bertz CT molecular complexity index is 425. The molecule has 1 rings (SSSR count). The molecule has 0 bridgehead atoms. The van der Waals surface area contributed by atoms with E-state index in [0.717, 1.165) is 12.2 Å². The molecule has 0 unspecified atom stereocenters. The Labute approximate surface area is 101 Å². The van der Waals surface area contributed by atoms with E-state index < -0.39 is 0 Å². The van der Waals surface area contributed by atoms with Crippen LogP contribution in [0.15, 0.2) is 18.5 Å². The average Bonchev–Trinajstić information content (AvgIpc) is 2.36. The quantitative estimate of drug-likeness (QED) is 0.835. The van der Waals surface area contributed by atoms with Crippen LogP contribution in [0.1, 0.15) is 23.7 Å². The highest BCUT2D eigenvalue weighted by molar-refractivity contribution is 5.99. The molecular weight excluding hydrogens is 216 g/mol. The third kappa shape index (κ3) is 3.45. The van der Waals surface area contributed by atoms with E-state index >= 15 is 0 Å². The van der Waals surface area contributed by atoms with Crippen LogP contribution in [0.4, 0.5) is 5.69 Å². The Balaban J connectivity index is 2.84. The summed E-state index contributed by atoms with van der Waals surface area (Å²) >= 11 is 0. The smallest absolute Gasteiger partial charge is 0.255 e. The maximum atomic E-state index is 12.1. The first-order chi connectivity index (χ1) is 8.20. The number of anilines is 1. The number of nitrogens with zero attached hydrogens (tertiary/aromatic N) is 3. The number of aromatic nitrogens is 1. The van der Waals surface area contributed by atoms with Gasteiger partial charge in [0, 0.05) is 26.3 Å². The predicted octanol–water partition coefficient (Wildman–Crippen LogP) is 1.50. The van der Waals surface area contributed by atoms with Crippen LogP contribution >= 0.6 is 0 Å². The minimum absolute atomic E-state index is 0.0985. The molecule has 0 saturated carbocycles. The molecule has 1 aromatic rings. The molecule has 17 heavy (non-hydrogen) atoms. The van der Waals surface area contributed by atoms with Gasteiger partial charge in [0.1, 0.15) is 0 Å². The van der Waals surface area contributed by atoms with Crippen LogP contribution in [-0.4, -0.2) is 35.9 Å². The fourth-order valence-electron chi connectivity index (χ4n) is 1.44. The van der Waals surface area contributed by atoms with Crippen molar-refractivity contribution in [1.82, 2.24) is 9.88 Å². The highest BCUT2D eigenvalue weighted by Crippen LogP contribution is 2.15. The summed E-state index contributed by atoms with van der Waals surface area (Å²) in [6.07, 6.45) is 3.56. The molecule has 5 nitrogen and oxygen atoms in total. The van der Waals surface area contributed by atoms with Crippen LogP contribution in [0, 0.1) is 11.3 Å². The fourth-order valence-corrected chi connectivity index (χ4v) is 1.44. The van der Waals surface area contributed by atoms with Gasteiger partial charge in [0.05, 0.1) is 29.9 Å². The van der Waals surface area contributed by atoms with Crippen LogP contribution in [0.25, 0.3) is 0 Å². The molecule has 90 valence electrons. The standard InChI is InChI=1S/C12H16N4O/c1-3-15-11-9-14-7-5-10(11)12(17)16(2)8-4-6-13/h5,7,9,15H,3-4,8H2,1-2H3. The first kappa shape index (κ1) is 13.0. The average molecular weight is 232 g/mol. The van der Waals surface area contributed by atoms with E-state index in [0.29, 0.717) is 18.5 Å². The van der Waals surface area contributed by atoms with Gasteiger partial charge in [0.15, 0.2) is 0 Å². The second-order valence-electron chi connectivity index (χ2n) is 3.59. The van der Waals surface area contributed by atoms with Gasteiger partial charge in [-0.2, -0.15) is 5.26 Å². The van der Waals surface area contributed by atoms with E-state index in [-0.39, 0.29) is 5.91 Å². The van der Waals surface area contributed by atoms with Gasteiger partial charge in [-0.3, -0.25) is 9.78 Å². The Morgan fingerprint density at radius 1 is 1.65 bits per heavy atom. The number of nitrogens with one attached hydrogen (secondary N) is 1. The molecule has 0 atom stereocenters. The third-order valence-corrected chi connectivity index (χ3v) is 2.32. The summed E-state index contributed by atoms with van der Waals surface area (Å²) < 4.78 is 0. The van der Waals surface area contributed by atoms with Crippen molar-refractivity contribution in [1.29, 1.82) is 5.26 Å². The van der Waals surface area contributed by atoms with Gasteiger partial charge in [-0.1, -0.05) is 0 Å². The molecule has 0 fully saturated rings. The largest absolute Gasteiger partial charge is 0.383 e. The first-order valence-electron chi connectivity index (χ1n) is 5.51. The van der Waals surface area contributed by atoms with Crippen molar-refractivity contribution in [2.24, 2.45) is 0 Å². The van der Waals surface area contributed by atoms with Gasteiger partial charge in [0.2, 0.25) is 0 Å². The Kier molecular flexibility index (Phi) is 4.95. The van der Waals surface area contributed by atoms with Gasteiger partial charge in [-0.25, -0.2) is 0 Å². The Morgan fingerprint density at radius 2 is 2.41 bits per heavy atom. The molecule has 0 aliphatic rings. The number of hydrogen-bond acceptors (Lipinski definition) is 4. The van der Waals surface area contributed by atoms with Gasteiger partial charge in [-0.15, -0.1) is 0 Å². The van der Waals surface area contributed by atoms with Crippen LogP contribution in [0.3, 0.4) is 0 Å². The maximum absolute atomic E-state index is 12.1. The SMILES string of the molecule is CCNc1cnccc1C(=O)N(C)CCC#N. The third-order valence-electron chi connectivity index (χ3n) is 2.32. The minimum atomic E-state index is -0.0985. The lowest BCUT2D eigenvalue weighted by molar-refractivity contribution is 0.0799. The van der Waals surface area contributed by atoms with E-state index in [4.69, 9.17) is 5.26 Å². The molecule has 5 heteroatoms. The summed E-state index contributed by atoms with van der Waals surface area (Å²) in [4.78, 5) is 17.6. The molecule has 0 saturated heterocycles. The normalized spacial score (nSPS) is 9.47. The second kappa shape index (κ2) is 6.48. The van der Waals surface area contributed by atoms with Crippen molar-refractivity contribution in [3.63, 3.8) is 0 Å². The van der Waals surface area contributed by atoms with Crippen molar-refractivity contribution in [2.45, 2.75) is 13.3 Å². The lowest BCUT2D eigenvalue weighted by Gasteiger charge is -2.17. The lowest BCUT2D eigenvalue weighted by atomic mass is 10.2. The van der Waals surface area contributed by atoms with Crippen LogP contribution in [0.5, 0.6) is 0 Å². The zero-order valence-electron chi connectivity index (χ0n) is 10.1. The summed E-state index contributed by atoms with van der Waals surface area (Å²) in [5.74, 6) is -0.0985. The number of amides is 1. The molecule has 0 aliphatic carbocycles. The summed E-state index contributed by atoms with van der Waals surface area (Å²) in [5.41, 5.74) is 1.31. The van der Waals surface area contributed by atoms with Gasteiger partial charge >= 0.3 is 0 Å². The molecule has 0 spiro atoms. The molecule has 1 heterocycles. The molecule has 1 amide bonds. The lowest BCUT2D eigenvalue weighted by Crippen LogP contribution is -2.28. The second-order valence-corrected chi connectivity index (χ2v) is 3.59. The molecule has 0 aromatic carbocycles. The zero-order valence-corrected chi connectivity index (χ0v) is 10.1. The van der Waals surface area contributed by atoms with Crippen LogP contribution in [-0.2, 0) is 0 Å². The monoisotopic (exact) mass is 232 g/mol. The minimum Gasteiger partial charge on any atom is -0.383 e. The first-order valence-corrected chi connectivity index (χ1v) is 5.51.